The highest BCUT2D eigenvalue weighted by Gasteiger charge is 2.18. The Hall–Kier alpha value is -3.60. The van der Waals surface area contributed by atoms with E-state index in [0.29, 0.717) is 25.1 Å². The maximum absolute atomic E-state index is 13.5. The molecular formula is C28H32N2O3. The topological polar surface area (TPSA) is 60.9 Å². The van der Waals surface area contributed by atoms with Gasteiger partial charge in [-0.3, -0.25) is 9.59 Å². The van der Waals surface area contributed by atoms with Gasteiger partial charge in [0.1, 0.15) is 0 Å². The third-order valence-corrected chi connectivity index (χ3v) is 5.69. The van der Waals surface area contributed by atoms with Gasteiger partial charge in [0.15, 0.2) is 0 Å². The van der Waals surface area contributed by atoms with E-state index in [-0.39, 0.29) is 12.3 Å². The third-order valence-electron chi connectivity index (χ3n) is 5.69. The number of aryl methyl sites for hydroxylation is 2. The Kier molecular flexibility index (Phi) is 8.64. The molecule has 0 spiro atoms. The van der Waals surface area contributed by atoms with Crippen molar-refractivity contribution < 1.29 is 14.7 Å². The maximum Gasteiger partial charge on any atom is 0.303 e. The van der Waals surface area contributed by atoms with Crippen LogP contribution in [0.25, 0.3) is 0 Å². The molecule has 0 heterocycles. The van der Waals surface area contributed by atoms with Gasteiger partial charge in [-0.2, -0.15) is 0 Å². The molecule has 172 valence electrons. The summed E-state index contributed by atoms with van der Waals surface area (Å²) >= 11 is 0. The van der Waals surface area contributed by atoms with Crippen LogP contribution in [0.1, 0.15) is 39.9 Å². The van der Waals surface area contributed by atoms with Gasteiger partial charge in [0.05, 0.1) is 0 Å². The Morgan fingerprint density at radius 3 is 2.09 bits per heavy atom. The standard InChI is InChI=1S/C28H32N2O3/c1-29(2)26-13-7-6-12-25(26)21-30(20-8-11-22-9-4-3-5-10-22)28(33)24-17-14-23(15-18-24)16-19-27(31)32/h3-7,9-10,12-15,17-18H,8,11,16,19-21H2,1-2H3,(H,31,32). The fourth-order valence-corrected chi connectivity index (χ4v) is 3.91. The zero-order valence-corrected chi connectivity index (χ0v) is 19.4. The Morgan fingerprint density at radius 1 is 0.788 bits per heavy atom. The highest BCUT2D eigenvalue weighted by molar-refractivity contribution is 5.94. The molecule has 3 rings (SSSR count). The molecule has 0 saturated carbocycles. The molecule has 3 aromatic rings. The molecule has 0 radical (unpaired) electrons. The summed E-state index contributed by atoms with van der Waals surface area (Å²) in [5, 5.41) is 8.89. The molecular weight excluding hydrogens is 412 g/mol. The zero-order valence-electron chi connectivity index (χ0n) is 19.4. The maximum atomic E-state index is 13.5. The fourth-order valence-electron chi connectivity index (χ4n) is 3.91. The van der Waals surface area contributed by atoms with E-state index < -0.39 is 5.97 Å². The molecule has 3 aromatic carbocycles. The number of anilines is 1. The molecule has 1 N–H and O–H groups in total. The summed E-state index contributed by atoms with van der Waals surface area (Å²) < 4.78 is 0. The van der Waals surface area contributed by atoms with E-state index in [1.165, 1.54) is 5.56 Å². The average Bonchev–Trinajstić information content (AvgIpc) is 2.83. The van der Waals surface area contributed by atoms with Gasteiger partial charge in [0.25, 0.3) is 5.91 Å². The van der Waals surface area contributed by atoms with Gasteiger partial charge in [-0.1, -0.05) is 60.7 Å². The number of benzene rings is 3. The predicted molar refractivity (Wildman–Crippen MR) is 133 cm³/mol. The SMILES string of the molecule is CN(C)c1ccccc1CN(CCCc1ccccc1)C(=O)c1ccc(CCC(=O)O)cc1. The van der Waals surface area contributed by atoms with Gasteiger partial charge < -0.3 is 14.9 Å². The Morgan fingerprint density at radius 2 is 1.42 bits per heavy atom. The molecule has 1 amide bonds. The molecule has 0 saturated heterocycles. The van der Waals surface area contributed by atoms with Crippen molar-refractivity contribution in [1.82, 2.24) is 4.90 Å². The molecule has 0 aliphatic carbocycles. The molecule has 0 fully saturated rings. The number of hydrogen-bond donors (Lipinski definition) is 1. The second-order valence-corrected chi connectivity index (χ2v) is 8.43. The molecule has 5 nitrogen and oxygen atoms in total. The van der Waals surface area contributed by atoms with Gasteiger partial charge in [0, 0.05) is 44.9 Å². The molecule has 0 aliphatic heterocycles. The summed E-state index contributed by atoms with van der Waals surface area (Å²) in [6, 6.07) is 25.8. The van der Waals surface area contributed by atoms with Gasteiger partial charge in [-0.15, -0.1) is 0 Å². The van der Waals surface area contributed by atoms with Crippen molar-refractivity contribution in [2.45, 2.75) is 32.2 Å². The number of carbonyl (C=O) groups excluding carboxylic acids is 1. The lowest BCUT2D eigenvalue weighted by Crippen LogP contribution is -2.32. The van der Waals surface area contributed by atoms with Gasteiger partial charge in [-0.25, -0.2) is 0 Å². The smallest absolute Gasteiger partial charge is 0.303 e. The van der Waals surface area contributed by atoms with Crippen LogP contribution in [-0.2, 0) is 24.2 Å². The van der Waals surface area contributed by atoms with Crippen LogP contribution in [0.15, 0.2) is 78.9 Å². The first-order valence-corrected chi connectivity index (χ1v) is 11.3. The minimum atomic E-state index is -0.820. The minimum Gasteiger partial charge on any atom is -0.481 e. The number of aliphatic carboxylic acids is 1. The number of amides is 1. The first-order chi connectivity index (χ1) is 15.9. The van der Waals surface area contributed by atoms with E-state index in [1.807, 2.05) is 73.6 Å². The average molecular weight is 445 g/mol. The van der Waals surface area contributed by atoms with Crippen molar-refractivity contribution in [2.24, 2.45) is 0 Å². The second kappa shape index (κ2) is 11.9. The van der Waals surface area contributed by atoms with E-state index >= 15 is 0 Å². The molecule has 33 heavy (non-hydrogen) atoms. The number of carboxylic acids is 1. The number of hydrogen-bond acceptors (Lipinski definition) is 3. The summed E-state index contributed by atoms with van der Waals surface area (Å²) in [6.45, 7) is 1.18. The lowest BCUT2D eigenvalue weighted by Gasteiger charge is -2.26. The van der Waals surface area contributed by atoms with Crippen molar-refractivity contribution in [3.05, 3.63) is 101 Å². The van der Waals surface area contributed by atoms with Crippen LogP contribution in [-0.4, -0.2) is 42.5 Å². The van der Waals surface area contributed by atoms with E-state index in [1.54, 1.807) is 0 Å². The Labute approximate surface area is 196 Å². The van der Waals surface area contributed by atoms with Crippen LogP contribution in [0.5, 0.6) is 0 Å². The number of carbonyl (C=O) groups is 2. The van der Waals surface area contributed by atoms with Crippen LogP contribution >= 0.6 is 0 Å². The van der Waals surface area contributed by atoms with Crippen LogP contribution in [0.2, 0.25) is 0 Å². The Balaban J connectivity index is 1.76. The Bertz CT molecular complexity index is 1050. The van der Waals surface area contributed by atoms with Crippen LogP contribution in [0.4, 0.5) is 5.69 Å². The molecule has 0 aromatic heterocycles. The van der Waals surface area contributed by atoms with Crippen LogP contribution < -0.4 is 4.90 Å². The van der Waals surface area contributed by atoms with E-state index in [0.717, 1.165) is 29.7 Å². The monoisotopic (exact) mass is 444 g/mol. The fraction of sp³-hybridized carbons (Fsp3) is 0.286. The zero-order chi connectivity index (χ0) is 23.6. The number of para-hydroxylation sites is 1. The number of rotatable bonds is 11. The molecule has 0 aliphatic rings. The van der Waals surface area contributed by atoms with Crippen molar-refractivity contribution in [3.8, 4) is 0 Å². The third kappa shape index (κ3) is 7.21. The summed E-state index contributed by atoms with van der Waals surface area (Å²) in [6.07, 6.45) is 2.33. The second-order valence-electron chi connectivity index (χ2n) is 8.43. The normalized spacial score (nSPS) is 10.6. The molecule has 5 heteroatoms. The highest BCUT2D eigenvalue weighted by Crippen LogP contribution is 2.21. The van der Waals surface area contributed by atoms with Crippen molar-refractivity contribution in [3.63, 3.8) is 0 Å². The number of carboxylic acid groups (broad SMARTS) is 1. The minimum absolute atomic E-state index is 0.0126. The molecule has 0 unspecified atom stereocenters. The van der Waals surface area contributed by atoms with Gasteiger partial charge in [0.2, 0.25) is 0 Å². The number of nitrogens with zero attached hydrogens (tertiary/aromatic N) is 2. The first-order valence-electron chi connectivity index (χ1n) is 11.3. The summed E-state index contributed by atoms with van der Waals surface area (Å²) in [7, 11) is 4.02. The summed E-state index contributed by atoms with van der Waals surface area (Å²) in [5.74, 6) is -0.833. The van der Waals surface area contributed by atoms with Crippen LogP contribution in [0, 0.1) is 0 Å². The predicted octanol–water partition coefficient (Wildman–Crippen LogP) is 5.05. The van der Waals surface area contributed by atoms with Crippen molar-refractivity contribution >= 4 is 17.6 Å². The lowest BCUT2D eigenvalue weighted by atomic mass is 10.1. The quantitative estimate of drug-likeness (QED) is 0.450. The molecule has 0 atom stereocenters. The van der Waals surface area contributed by atoms with Gasteiger partial charge >= 0.3 is 5.97 Å². The van der Waals surface area contributed by atoms with E-state index in [2.05, 4.69) is 29.2 Å². The van der Waals surface area contributed by atoms with Crippen molar-refractivity contribution in [2.75, 3.05) is 25.5 Å². The summed E-state index contributed by atoms with van der Waals surface area (Å²) in [5.41, 5.74) is 5.01. The first kappa shape index (κ1) is 24.1. The molecule has 0 bridgehead atoms. The summed E-state index contributed by atoms with van der Waals surface area (Å²) in [4.78, 5) is 28.3. The van der Waals surface area contributed by atoms with Crippen LogP contribution in [0.3, 0.4) is 0 Å². The highest BCUT2D eigenvalue weighted by atomic mass is 16.4. The van der Waals surface area contributed by atoms with Gasteiger partial charge in [-0.05, 0) is 54.2 Å². The lowest BCUT2D eigenvalue weighted by molar-refractivity contribution is -0.136. The largest absolute Gasteiger partial charge is 0.481 e. The van der Waals surface area contributed by atoms with E-state index in [4.69, 9.17) is 5.11 Å². The van der Waals surface area contributed by atoms with Crippen molar-refractivity contribution in [1.29, 1.82) is 0 Å². The van der Waals surface area contributed by atoms with E-state index in [9.17, 15) is 9.59 Å².